The number of nitrogens with two attached hydrogens (primary N) is 1. The van der Waals surface area contributed by atoms with Gasteiger partial charge in [-0.1, -0.05) is 242 Å². The van der Waals surface area contributed by atoms with Crippen LogP contribution in [-0.4, -0.2) is 125 Å². The Morgan fingerprint density at radius 3 is 0.900 bits per heavy atom. The van der Waals surface area contributed by atoms with Crippen molar-refractivity contribution in [1.82, 2.24) is 16.0 Å². The molecule has 4 unspecified atom stereocenters. The number of aliphatic hydroxyl groups excluding tert-OH is 2. The fourth-order valence-electron chi connectivity index (χ4n) is 10.3. The number of rotatable bonds is 29. The van der Waals surface area contributed by atoms with E-state index in [1.807, 2.05) is 226 Å². The Labute approximate surface area is 592 Å². The van der Waals surface area contributed by atoms with Crippen molar-refractivity contribution in [3.05, 3.63) is 251 Å². The topological polar surface area (TPSA) is 313 Å². The molecule has 20 nitrogen and oxygen atoms in total. The Bertz CT molecular complexity index is 3350. The Morgan fingerprint density at radius 2 is 0.630 bits per heavy atom. The normalized spacial score (nSPS) is 19.9. The summed E-state index contributed by atoms with van der Waals surface area (Å²) in [5, 5.41) is 41.6. The van der Waals surface area contributed by atoms with Crippen LogP contribution in [0, 0.1) is 10.8 Å². The lowest BCUT2D eigenvalue weighted by molar-refractivity contribution is -0.126. The molecule has 3 amide bonds. The van der Waals surface area contributed by atoms with E-state index in [9.17, 15) is 34.2 Å². The summed E-state index contributed by atoms with van der Waals surface area (Å²) in [6.45, 7) is 9.73. The molecule has 7 aromatic rings. The maximum absolute atomic E-state index is 12.7. The first-order valence-corrected chi connectivity index (χ1v) is 32.4. The van der Waals surface area contributed by atoms with Crippen molar-refractivity contribution in [3.8, 4) is 0 Å². The zero-order valence-corrected chi connectivity index (χ0v) is 55.0. The van der Waals surface area contributed by atoms with Crippen molar-refractivity contribution in [2.45, 2.75) is 187 Å². The minimum atomic E-state index is -0.784. The molecule has 11 rings (SSSR count). The number of benzene rings is 7. The lowest BCUT2D eigenvalue weighted by Crippen LogP contribution is -2.49. The van der Waals surface area contributed by atoms with E-state index in [-0.39, 0.29) is 61.1 Å². The van der Waals surface area contributed by atoms with E-state index in [1.165, 1.54) is 5.56 Å². The largest absolute Gasteiger partial charge is 0.445 e. The number of alkyl carbamates (subject to hydrolysis) is 3. The van der Waals surface area contributed by atoms with E-state index < -0.39 is 77.1 Å². The summed E-state index contributed by atoms with van der Waals surface area (Å²) in [4.78, 5) is 61.0. The Kier molecular flexibility index (Phi) is 36.3. The molecule has 0 aromatic heterocycles. The number of hydrogen-bond donors (Lipinski definition) is 6. The molecule has 0 spiro atoms. The Hall–Kier alpha value is -9.17. The second kappa shape index (κ2) is 42.7. The first kappa shape index (κ1) is 85.1. The smallest absolute Gasteiger partial charge is 0.408 e. The number of ketones is 2. The molecule has 0 radical (unpaired) electrons. The summed E-state index contributed by atoms with van der Waals surface area (Å²) in [7, 11) is 0. The average Bonchev–Trinajstić information content (AvgIpc) is 1.68. The fraction of sp³-hybridized carbons (Fsp3) is 0.412. The van der Waals surface area contributed by atoms with Gasteiger partial charge in [0.25, 0.3) is 0 Å². The average molecular weight is 1380 g/mol. The van der Waals surface area contributed by atoms with Crippen LogP contribution in [0.15, 0.2) is 212 Å². The lowest BCUT2D eigenvalue weighted by Gasteiger charge is -2.26. The van der Waals surface area contributed by atoms with Crippen LogP contribution in [0.3, 0.4) is 0 Å². The zero-order chi connectivity index (χ0) is 68.8. The SMILES string of the molecule is C.C.C.C.C[C@@]1([C@H](O)C(CCc2ccccc2)NC(=O)OCc2ccccc2)CO1.C[C@]1(C(=O)C(CCc2ccccc2)NC(=O)OCc2ccccc2)CO1.C[C@]1(C(=O)C(N)CCc2ccccc2)CO1.C[C@]1([C@@H](O)C(CCc2ccccc2)NC(=O)OCc2ccccc2)CO1.N#N. The molecule has 4 saturated heterocycles. The predicted molar refractivity (Wildman–Crippen MR) is 388 cm³/mol. The minimum Gasteiger partial charge on any atom is -0.445 e. The maximum Gasteiger partial charge on any atom is 0.408 e. The quantitative estimate of drug-likeness (QED) is 0.0144. The van der Waals surface area contributed by atoms with Crippen LogP contribution in [0.25, 0.3) is 0 Å². The van der Waals surface area contributed by atoms with E-state index in [2.05, 4.69) is 16.0 Å². The van der Waals surface area contributed by atoms with Gasteiger partial charge in [-0.15, -0.1) is 0 Å². The highest BCUT2D eigenvalue weighted by Crippen LogP contribution is 2.35. The van der Waals surface area contributed by atoms with E-state index >= 15 is 0 Å². The molecule has 20 heteroatoms. The van der Waals surface area contributed by atoms with Crippen molar-refractivity contribution in [2.24, 2.45) is 5.73 Å². The number of Topliss-reactive ketones (excluding diaryl/α,β-unsaturated/α-hetero) is 2. The molecular formula is C80H106N6O14. The van der Waals surface area contributed by atoms with Gasteiger partial charge < -0.3 is 65.1 Å². The first-order valence-electron chi connectivity index (χ1n) is 32.4. The number of hydrogen-bond acceptors (Lipinski definition) is 17. The summed E-state index contributed by atoms with van der Waals surface area (Å²) in [6.07, 6.45) is 2.19. The number of amides is 3. The van der Waals surface area contributed by atoms with Gasteiger partial charge in [0.1, 0.15) is 54.4 Å². The van der Waals surface area contributed by atoms with Crippen LogP contribution in [-0.2, 0) is 88.3 Å². The number of aliphatic hydroxyl groups is 2. The summed E-state index contributed by atoms with van der Waals surface area (Å²) in [5.41, 5.74) is 10.7. The highest BCUT2D eigenvalue weighted by Gasteiger charge is 2.52. The molecule has 4 heterocycles. The Morgan fingerprint density at radius 1 is 0.390 bits per heavy atom. The molecule has 7 N–H and O–H groups in total. The number of carbonyl (C=O) groups excluding carboxylic acids is 5. The second-order valence-corrected chi connectivity index (χ2v) is 24.9. The fourth-order valence-corrected chi connectivity index (χ4v) is 10.3. The molecule has 10 atom stereocenters. The van der Waals surface area contributed by atoms with Crippen LogP contribution in [0.2, 0.25) is 0 Å². The van der Waals surface area contributed by atoms with Crippen molar-refractivity contribution >= 4 is 29.8 Å². The third-order valence-electron chi connectivity index (χ3n) is 16.9. The van der Waals surface area contributed by atoms with Crippen LogP contribution >= 0.6 is 0 Å². The van der Waals surface area contributed by atoms with Crippen molar-refractivity contribution in [1.29, 1.82) is 10.8 Å². The predicted octanol–water partition coefficient (Wildman–Crippen LogP) is 13.3. The summed E-state index contributed by atoms with van der Waals surface area (Å²) < 4.78 is 36.9. The number of ether oxygens (including phenoxy) is 7. The van der Waals surface area contributed by atoms with Crippen LogP contribution < -0.4 is 21.7 Å². The number of carbonyl (C=O) groups is 5. The van der Waals surface area contributed by atoms with Gasteiger partial charge in [0.2, 0.25) is 0 Å². The van der Waals surface area contributed by atoms with E-state index in [0.29, 0.717) is 58.5 Å². The minimum absolute atomic E-state index is 0. The number of nitrogens with one attached hydrogen (secondary N) is 3. The van der Waals surface area contributed by atoms with Gasteiger partial charge in [-0.25, -0.2) is 14.4 Å². The van der Waals surface area contributed by atoms with Gasteiger partial charge in [-0.05, 0) is 118 Å². The first-order chi connectivity index (χ1) is 46.3. The van der Waals surface area contributed by atoms with Crippen molar-refractivity contribution in [2.75, 3.05) is 26.4 Å². The molecular weight excluding hydrogens is 1270 g/mol. The van der Waals surface area contributed by atoms with Gasteiger partial charge in [0.05, 0.1) is 50.6 Å². The molecule has 0 aliphatic carbocycles. The molecule has 0 bridgehead atoms. The van der Waals surface area contributed by atoms with Crippen LogP contribution in [0.1, 0.15) is 122 Å². The molecule has 7 aromatic carbocycles. The van der Waals surface area contributed by atoms with Crippen molar-refractivity contribution in [3.63, 3.8) is 0 Å². The number of epoxide rings is 4. The maximum atomic E-state index is 12.7. The summed E-state index contributed by atoms with van der Waals surface area (Å²) in [5.74, 6) is -0.0754. The van der Waals surface area contributed by atoms with Crippen molar-refractivity contribution < 1.29 is 67.3 Å². The van der Waals surface area contributed by atoms with Gasteiger partial charge in [-0.2, -0.15) is 0 Å². The highest BCUT2D eigenvalue weighted by atomic mass is 16.6. The second-order valence-electron chi connectivity index (χ2n) is 24.9. The third-order valence-corrected chi connectivity index (χ3v) is 16.9. The summed E-state index contributed by atoms with van der Waals surface area (Å²) >= 11 is 0. The molecule has 0 saturated carbocycles. The van der Waals surface area contributed by atoms with Gasteiger partial charge in [-0.3, -0.25) is 9.59 Å². The van der Waals surface area contributed by atoms with E-state index in [0.717, 1.165) is 52.6 Å². The van der Waals surface area contributed by atoms with Gasteiger partial charge in [0.15, 0.2) is 11.6 Å². The zero-order valence-electron chi connectivity index (χ0n) is 55.0. The monoisotopic (exact) mass is 1370 g/mol. The molecule has 540 valence electrons. The number of nitrogens with zero attached hydrogens (tertiary/aromatic N) is 2. The Balaban J connectivity index is 0.000000344. The standard InChI is InChI=1S/2C21H25NO4.C21H23NO4.C13H17NO2.4CH4.N2/c3*1-21(15-26-21)19(23)18(13-12-16-8-4-2-5-9-16)22-20(24)25-14-17-10-6-3-7-11-17;1-13(9-16-13)12(15)11(14)8-7-10-5-3-2-4-6-10;;;;;1-2/h2*2-11,18-19,23H,12-15H2,1H3,(H,22,24);2-11,18H,12-15H2,1H3,(H,22,24);2-6,11H,7-9,14H2,1H3;4*1H4;/t2*18?,19-,21+;18?,21-;11?,13-;;;;;/m1011...../s1. The van der Waals surface area contributed by atoms with Gasteiger partial charge >= 0.3 is 18.3 Å². The molecule has 4 aliphatic rings. The summed E-state index contributed by atoms with van der Waals surface area (Å²) in [6, 6.07) is 66.4. The lowest BCUT2D eigenvalue weighted by atomic mass is 9.93. The van der Waals surface area contributed by atoms with Crippen LogP contribution in [0.4, 0.5) is 14.4 Å². The van der Waals surface area contributed by atoms with Crippen LogP contribution in [0.5, 0.6) is 0 Å². The van der Waals surface area contributed by atoms with E-state index in [4.69, 9.17) is 49.7 Å². The molecule has 4 fully saturated rings. The molecule has 4 aliphatic heterocycles. The van der Waals surface area contributed by atoms with Gasteiger partial charge in [0, 0.05) is 10.8 Å². The highest BCUT2D eigenvalue weighted by molar-refractivity contribution is 5.96. The third kappa shape index (κ3) is 29.0. The van der Waals surface area contributed by atoms with E-state index in [1.54, 1.807) is 13.8 Å². The number of aryl methyl sites for hydroxylation is 4. The molecule has 100 heavy (non-hydrogen) atoms.